The summed E-state index contributed by atoms with van der Waals surface area (Å²) in [5.74, 6) is 0.0245. The summed E-state index contributed by atoms with van der Waals surface area (Å²) in [4.78, 5) is 4.04. The van der Waals surface area contributed by atoms with Crippen LogP contribution in [0.4, 0.5) is 18.3 Å². The Morgan fingerprint density at radius 1 is 1.33 bits per heavy atom. The van der Waals surface area contributed by atoms with Crippen LogP contribution >= 0.6 is 11.3 Å². The van der Waals surface area contributed by atoms with Crippen molar-refractivity contribution in [2.24, 2.45) is 0 Å². The van der Waals surface area contributed by atoms with Crippen molar-refractivity contribution in [3.63, 3.8) is 0 Å². The first kappa shape index (κ1) is 16.0. The first-order valence-electron chi connectivity index (χ1n) is 6.13. The van der Waals surface area contributed by atoms with Crippen LogP contribution in [0.3, 0.4) is 0 Å². The molecule has 2 aromatic rings. The van der Waals surface area contributed by atoms with E-state index in [9.17, 15) is 21.6 Å². The minimum Gasteiger partial charge on any atom is -0.360 e. The summed E-state index contributed by atoms with van der Waals surface area (Å²) in [7, 11) is -3.08. The SMILES string of the molecule is CCS(=O)(=O)CCNc1nc2cc(C(F)(F)F)ccc2s1. The molecule has 116 valence electrons. The van der Waals surface area contributed by atoms with Crippen molar-refractivity contribution in [3.8, 4) is 0 Å². The van der Waals surface area contributed by atoms with Crippen LogP contribution in [0.2, 0.25) is 0 Å². The van der Waals surface area contributed by atoms with E-state index in [0.717, 1.165) is 12.1 Å². The van der Waals surface area contributed by atoms with Gasteiger partial charge in [0.1, 0.15) is 0 Å². The van der Waals surface area contributed by atoms with E-state index in [0.29, 0.717) is 9.83 Å². The summed E-state index contributed by atoms with van der Waals surface area (Å²) in [5.41, 5.74) is -0.504. The topological polar surface area (TPSA) is 59.1 Å². The lowest BCUT2D eigenvalue weighted by molar-refractivity contribution is -0.137. The van der Waals surface area contributed by atoms with E-state index in [-0.39, 0.29) is 23.6 Å². The van der Waals surface area contributed by atoms with Crippen molar-refractivity contribution in [1.29, 1.82) is 0 Å². The molecule has 0 radical (unpaired) electrons. The van der Waals surface area contributed by atoms with Gasteiger partial charge in [0.25, 0.3) is 0 Å². The number of hydrogen-bond donors (Lipinski definition) is 1. The molecule has 2 rings (SSSR count). The molecular weight excluding hydrogens is 325 g/mol. The van der Waals surface area contributed by atoms with E-state index >= 15 is 0 Å². The zero-order valence-corrected chi connectivity index (χ0v) is 12.7. The fourth-order valence-electron chi connectivity index (χ4n) is 1.64. The molecule has 0 atom stereocenters. The number of nitrogens with zero attached hydrogens (tertiary/aromatic N) is 1. The summed E-state index contributed by atoms with van der Waals surface area (Å²) in [5, 5.41) is 3.24. The Bertz CT molecular complexity index is 739. The Labute approximate surface area is 123 Å². The number of alkyl halides is 3. The first-order chi connectivity index (χ1) is 9.71. The van der Waals surface area contributed by atoms with Crippen LogP contribution in [0.5, 0.6) is 0 Å². The van der Waals surface area contributed by atoms with E-state index < -0.39 is 21.6 Å². The largest absolute Gasteiger partial charge is 0.416 e. The molecule has 0 fully saturated rings. The second-order valence-corrected chi connectivity index (χ2v) is 7.87. The number of nitrogens with one attached hydrogen (secondary N) is 1. The summed E-state index contributed by atoms with van der Waals surface area (Å²) in [6.45, 7) is 1.74. The molecule has 0 spiro atoms. The summed E-state index contributed by atoms with van der Waals surface area (Å²) in [6, 6.07) is 3.36. The van der Waals surface area contributed by atoms with Gasteiger partial charge in [0.15, 0.2) is 15.0 Å². The van der Waals surface area contributed by atoms with Crippen LogP contribution in [-0.2, 0) is 16.0 Å². The van der Waals surface area contributed by atoms with Crippen LogP contribution in [0.1, 0.15) is 12.5 Å². The molecule has 1 aromatic heterocycles. The number of benzene rings is 1. The maximum atomic E-state index is 12.6. The number of hydrogen-bond acceptors (Lipinski definition) is 5. The van der Waals surface area contributed by atoms with Crippen LogP contribution < -0.4 is 5.32 Å². The molecule has 0 amide bonds. The van der Waals surface area contributed by atoms with Gasteiger partial charge in [-0.25, -0.2) is 13.4 Å². The molecule has 21 heavy (non-hydrogen) atoms. The highest BCUT2D eigenvalue weighted by Crippen LogP contribution is 2.33. The van der Waals surface area contributed by atoms with Crippen LogP contribution in [0.15, 0.2) is 18.2 Å². The summed E-state index contributed by atoms with van der Waals surface area (Å²) < 4.78 is 61.1. The number of aromatic nitrogens is 1. The van der Waals surface area contributed by atoms with Crippen LogP contribution in [0.25, 0.3) is 10.2 Å². The minimum atomic E-state index is -4.40. The van der Waals surface area contributed by atoms with Crippen molar-refractivity contribution in [2.45, 2.75) is 13.1 Å². The minimum absolute atomic E-state index is 0.0345. The molecule has 9 heteroatoms. The molecule has 0 bridgehead atoms. The van der Waals surface area contributed by atoms with Crippen LogP contribution in [0, 0.1) is 0 Å². The van der Waals surface area contributed by atoms with Gasteiger partial charge in [0, 0.05) is 12.3 Å². The second kappa shape index (κ2) is 5.80. The Kier molecular flexibility index (Phi) is 4.43. The highest BCUT2D eigenvalue weighted by atomic mass is 32.2. The molecule has 1 heterocycles. The number of halogens is 3. The highest BCUT2D eigenvalue weighted by molar-refractivity contribution is 7.91. The summed E-state index contributed by atoms with van der Waals surface area (Å²) in [6.07, 6.45) is -4.40. The lowest BCUT2D eigenvalue weighted by Crippen LogP contribution is -2.16. The molecule has 1 N–H and O–H groups in total. The maximum absolute atomic E-state index is 12.6. The molecule has 0 saturated heterocycles. The Hall–Kier alpha value is -1.35. The zero-order chi connectivity index (χ0) is 15.7. The molecule has 1 aromatic carbocycles. The molecule has 0 aliphatic rings. The van der Waals surface area contributed by atoms with Gasteiger partial charge in [-0.2, -0.15) is 13.2 Å². The van der Waals surface area contributed by atoms with Crippen molar-refractivity contribution >= 4 is 36.5 Å². The van der Waals surface area contributed by atoms with Crippen molar-refractivity contribution in [1.82, 2.24) is 4.98 Å². The number of rotatable bonds is 5. The number of fused-ring (bicyclic) bond motifs is 1. The Morgan fingerprint density at radius 3 is 2.67 bits per heavy atom. The van der Waals surface area contributed by atoms with E-state index in [1.54, 1.807) is 6.92 Å². The fourth-order valence-corrected chi connectivity index (χ4v) is 3.21. The van der Waals surface area contributed by atoms with E-state index in [1.165, 1.54) is 17.4 Å². The lowest BCUT2D eigenvalue weighted by atomic mass is 10.2. The van der Waals surface area contributed by atoms with Gasteiger partial charge in [-0.15, -0.1) is 0 Å². The van der Waals surface area contributed by atoms with Gasteiger partial charge < -0.3 is 5.32 Å². The van der Waals surface area contributed by atoms with Gasteiger partial charge in [-0.1, -0.05) is 18.3 Å². The van der Waals surface area contributed by atoms with E-state index in [4.69, 9.17) is 0 Å². The molecule has 0 aliphatic heterocycles. The molecular formula is C12H13F3N2O2S2. The average molecular weight is 338 g/mol. The lowest BCUT2D eigenvalue weighted by Gasteiger charge is -2.04. The third-order valence-corrected chi connectivity index (χ3v) is 5.54. The number of sulfone groups is 1. The van der Waals surface area contributed by atoms with Crippen molar-refractivity contribution < 1.29 is 21.6 Å². The fraction of sp³-hybridized carbons (Fsp3) is 0.417. The van der Waals surface area contributed by atoms with Crippen LogP contribution in [-0.4, -0.2) is 31.5 Å². The monoisotopic (exact) mass is 338 g/mol. The molecule has 0 unspecified atom stereocenters. The Morgan fingerprint density at radius 2 is 2.05 bits per heavy atom. The molecule has 4 nitrogen and oxygen atoms in total. The predicted molar refractivity (Wildman–Crippen MR) is 77.4 cm³/mol. The quantitative estimate of drug-likeness (QED) is 0.910. The van der Waals surface area contributed by atoms with E-state index in [2.05, 4.69) is 10.3 Å². The van der Waals surface area contributed by atoms with Gasteiger partial charge in [0.05, 0.1) is 21.5 Å². The van der Waals surface area contributed by atoms with Gasteiger partial charge in [-0.3, -0.25) is 0 Å². The third kappa shape index (κ3) is 4.07. The van der Waals surface area contributed by atoms with Gasteiger partial charge >= 0.3 is 6.18 Å². The maximum Gasteiger partial charge on any atom is 0.416 e. The third-order valence-electron chi connectivity index (χ3n) is 2.84. The smallest absolute Gasteiger partial charge is 0.360 e. The van der Waals surface area contributed by atoms with Crippen molar-refractivity contribution in [3.05, 3.63) is 23.8 Å². The molecule has 0 saturated carbocycles. The average Bonchev–Trinajstić information content (AvgIpc) is 2.79. The van der Waals surface area contributed by atoms with Crippen molar-refractivity contribution in [2.75, 3.05) is 23.4 Å². The Balaban J connectivity index is 2.12. The number of thiazole rings is 1. The standard InChI is InChI=1S/C12H13F3N2O2S2/c1-2-21(18,19)6-5-16-11-17-9-7-8(12(13,14)15)3-4-10(9)20-11/h3-4,7H,2,5-6H2,1H3,(H,16,17). The predicted octanol–water partition coefficient (Wildman–Crippen LogP) is 3.16. The molecule has 0 aliphatic carbocycles. The number of anilines is 1. The highest BCUT2D eigenvalue weighted by Gasteiger charge is 2.30. The summed E-state index contributed by atoms with van der Waals surface area (Å²) >= 11 is 1.19. The normalized spacial score (nSPS) is 12.8. The van der Waals surface area contributed by atoms with Gasteiger partial charge in [0.2, 0.25) is 0 Å². The first-order valence-corrected chi connectivity index (χ1v) is 8.77. The zero-order valence-electron chi connectivity index (χ0n) is 11.1. The van der Waals surface area contributed by atoms with E-state index in [1.807, 2.05) is 0 Å². The van der Waals surface area contributed by atoms with Gasteiger partial charge in [-0.05, 0) is 18.2 Å². The second-order valence-electron chi connectivity index (χ2n) is 4.36.